The van der Waals surface area contributed by atoms with Gasteiger partial charge in [0.25, 0.3) is 0 Å². The molecule has 5 N–H and O–H groups in total. The summed E-state index contributed by atoms with van der Waals surface area (Å²) in [6.07, 6.45) is 1.56. The van der Waals surface area contributed by atoms with E-state index in [2.05, 4.69) is 25.9 Å². The first kappa shape index (κ1) is 33.3. The standard InChI is InChI=1S/C35H41N5O7/c1-18(2)13-28(35(44)37-21-8-11-25-27(15-21)40-31(17-41)39-25)38-26-12-9-22-23(16-29(26)43)24(36-19(3)42)10-7-20-14-30(45-4)33(46-5)34(47-6)32(20)22/h8-9,11-12,14-16,18,24,28,41H,7,10,13,17H2,1-6H3,(H,36,42)(H,37,44)(H,38,43)(H,39,40)/t24-,28+/m0/s1. The van der Waals surface area contributed by atoms with Gasteiger partial charge >= 0.3 is 0 Å². The molecule has 1 aliphatic carbocycles. The van der Waals surface area contributed by atoms with E-state index < -0.39 is 12.1 Å². The molecule has 0 fully saturated rings. The quantitative estimate of drug-likeness (QED) is 0.156. The van der Waals surface area contributed by atoms with Gasteiger partial charge in [-0.25, -0.2) is 4.98 Å². The molecule has 0 aliphatic heterocycles. The predicted octanol–water partition coefficient (Wildman–Crippen LogP) is 4.70. The lowest BCUT2D eigenvalue weighted by molar-refractivity contribution is -0.120. The molecule has 0 radical (unpaired) electrons. The van der Waals surface area contributed by atoms with Gasteiger partial charge in [0.05, 0.1) is 44.1 Å². The number of hydrogen-bond acceptors (Lipinski definition) is 9. The van der Waals surface area contributed by atoms with Crippen molar-refractivity contribution in [3.63, 3.8) is 0 Å². The summed E-state index contributed by atoms with van der Waals surface area (Å²) in [6.45, 7) is 5.23. The first-order chi connectivity index (χ1) is 22.6. The van der Waals surface area contributed by atoms with Crippen molar-refractivity contribution in [1.82, 2.24) is 15.3 Å². The Morgan fingerprint density at radius 1 is 1.04 bits per heavy atom. The molecular weight excluding hydrogens is 602 g/mol. The van der Waals surface area contributed by atoms with Gasteiger partial charge in [0.15, 0.2) is 11.5 Å². The summed E-state index contributed by atoms with van der Waals surface area (Å²) in [5.74, 6) is 1.41. The summed E-state index contributed by atoms with van der Waals surface area (Å²) in [7, 11) is 4.64. The van der Waals surface area contributed by atoms with Gasteiger partial charge in [0.2, 0.25) is 23.0 Å². The lowest BCUT2D eigenvalue weighted by atomic mass is 9.95. The second kappa shape index (κ2) is 14.1. The van der Waals surface area contributed by atoms with Gasteiger partial charge < -0.3 is 40.3 Å². The number of benzene rings is 2. The summed E-state index contributed by atoms with van der Waals surface area (Å²) < 4.78 is 17.2. The van der Waals surface area contributed by atoms with E-state index in [1.165, 1.54) is 20.1 Å². The zero-order chi connectivity index (χ0) is 33.8. The maximum absolute atomic E-state index is 13.9. The Morgan fingerprint density at radius 3 is 2.47 bits per heavy atom. The molecule has 0 saturated carbocycles. The third kappa shape index (κ3) is 7.02. The van der Waals surface area contributed by atoms with Gasteiger partial charge in [-0.05, 0) is 78.3 Å². The van der Waals surface area contributed by atoms with Crippen molar-refractivity contribution < 1.29 is 28.9 Å². The van der Waals surface area contributed by atoms with Crippen LogP contribution in [-0.4, -0.2) is 54.3 Å². The number of fused-ring (bicyclic) bond motifs is 4. The van der Waals surface area contributed by atoms with E-state index in [0.29, 0.717) is 70.2 Å². The molecule has 12 heteroatoms. The van der Waals surface area contributed by atoms with Crippen molar-refractivity contribution in [1.29, 1.82) is 0 Å². The highest BCUT2D eigenvalue weighted by Crippen LogP contribution is 2.50. The topological polar surface area (TPSA) is 164 Å². The number of aromatic amines is 1. The largest absolute Gasteiger partial charge is 0.493 e. The summed E-state index contributed by atoms with van der Waals surface area (Å²) >= 11 is 0. The van der Waals surface area contributed by atoms with Crippen molar-refractivity contribution in [3.8, 4) is 28.4 Å². The molecule has 0 unspecified atom stereocenters. The van der Waals surface area contributed by atoms with E-state index in [-0.39, 0.29) is 35.5 Å². The number of carbonyl (C=O) groups is 2. The first-order valence-corrected chi connectivity index (χ1v) is 15.5. The van der Waals surface area contributed by atoms with Crippen LogP contribution in [0.25, 0.3) is 22.2 Å². The number of hydrogen-bond donors (Lipinski definition) is 5. The van der Waals surface area contributed by atoms with Crippen LogP contribution in [0.5, 0.6) is 17.2 Å². The Morgan fingerprint density at radius 2 is 1.81 bits per heavy atom. The number of amides is 2. The number of imidazole rings is 1. The first-order valence-electron chi connectivity index (χ1n) is 15.5. The Hall–Kier alpha value is -5.10. The Labute approximate surface area is 272 Å². The number of carbonyl (C=O) groups excluding carboxylic acids is 2. The Bertz CT molecular complexity index is 1870. The summed E-state index contributed by atoms with van der Waals surface area (Å²) in [4.78, 5) is 47.2. The second-order valence-corrected chi connectivity index (χ2v) is 12.0. The van der Waals surface area contributed by atoms with E-state index in [4.69, 9.17) is 14.2 Å². The number of aryl methyl sites for hydroxylation is 1. The van der Waals surface area contributed by atoms with Crippen LogP contribution < -0.4 is 35.6 Å². The van der Waals surface area contributed by atoms with Gasteiger partial charge in [0.1, 0.15) is 18.5 Å². The molecular formula is C35H41N5O7. The van der Waals surface area contributed by atoms with Crippen molar-refractivity contribution in [2.75, 3.05) is 32.0 Å². The highest BCUT2D eigenvalue weighted by molar-refractivity contribution is 5.98. The van der Waals surface area contributed by atoms with Crippen LogP contribution in [0.1, 0.15) is 56.6 Å². The maximum Gasteiger partial charge on any atom is 0.246 e. The molecule has 248 valence electrons. The van der Waals surface area contributed by atoms with Gasteiger partial charge in [0, 0.05) is 18.2 Å². The summed E-state index contributed by atoms with van der Waals surface area (Å²) in [5.41, 5.74) is 4.77. The Kier molecular flexibility index (Phi) is 10.00. The number of aliphatic hydroxyl groups is 1. The number of ether oxygens (including phenoxy) is 3. The fraction of sp³-hybridized carbons (Fsp3) is 0.371. The number of methoxy groups -OCH3 is 3. The smallest absolute Gasteiger partial charge is 0.246 e. The summed E-state index contributed by atoms with van der Waals surface area (Å²) in [6, 6.07) is 11.0. The maximum atomic E-state index is 13.9. The minimum atomic E-state index is -0.743. The molecule has 1 aromatic heterocycles. The monoisotopic (exact) mass is 643 g/mol. The SMILES string of the molecule is COc1cc2c(c(OC)c1OC)-c1ccc(N[C@H](CC(C)C)C(=O)Nc3ccc4nc(CO)[nH]c4c3)c(=O)cc1[C@@H](NC(C)=O)CC2. The Balaban J connectivity index is 1.57. The third-order valence-electron chi connectivity index (χ3n) is 8.22. The molecule has 1 aliphatic rings. The van der Waals surface area contributed by atoms with E-state index in [1.54, 1.807) is 38.5 Å². The molecule has 12 nitrogen and oxygen atoms in total. The van der Waals surface area contributed by atoms with Crippen LogP contribution >= 0.6 is 0 Å². The fourth-order valence-corrected chi connectivity index (χ4v) is 6.16. The number of anilines is 2. The van der Waals surface area contributed by atoms with Gasteiger partial charge in [-0.15, -0.1) is 0 Å². The lowest BCUT2D eigenvalue weighted by Gasteiger charge is -2.20. The van der Waals surface area contributed by atoms with Crippen LogP contribution in [0.4, 0.5) is 11.4 Å². The van der Waals surface area contributed by atoms with Crippen molar-refractivity contribution in [2.24, 2.45) is 5.92 Å². The summed E-state index contributed by atoms with van der Waals surface area (Å²) in [5, 5.41) is 18.6. The van der Waals surface area contributed by atoms with E-state index in [0.717, 1.165) is 11.1 Å². The molecule has 0 spiro atoms. The van der Waals surface area contributed by atoms with Crippen LogP contribution in [0.3, 0.4) is 0 Å². The van der Waals surface area contributed by atoms with Gasteiger partial charge in [-0.2, -0.15) is 0 Å². The van der Waals surface area contributed by atoms with E-state index in [1.807, 2.05) is 26.0 Å². The van der Waals surface area contributed by atoms with Gasteiger partial charge in [-0.1, -0.05) is 19.9 Å². The number of aliphatic hydroxyl groups excluding tert-OH is 1. The molecule has 0 saturated heterocycles. The molecule has 2 atom stereocenters. The minimum Gasteiger partial charge on any atom is -0.493 e. The normalized spacial score (nSPS) is 14.4. The fourth-order valence-electron chi connectivity index (χ4n) is 6.16. The number of aromatic nitrogens is 2. The zero-order valence-corrected chi connectivity index (χ0v) is 27.4. The lowest BCUT2D eigenvalue weighted by Crippen LogP contribution is -2.37. The highest BCUT2D eigenvalue weighted by atomic mass is 16.5. The number of nitrogens with zero attached hydrogens (tertiary/aromatic N) is 1. The zero-order valence-electron chi connectivity index (χ0n) is 27.4. The third-order valence-corrected chi connectivity index (χ3v) is 8.22. The van der Waals surface area contributed by atoms with Crippen LogP contribution in [0.15, 0.2) is 47.3 Å². The van der Waals surface area contributed by atoms with Crippen molar-refractivity contribution in [2.45, 2.75) is 58.7 Å². The molecule has 0 bridgehead atoms. The predicted molar refractivity (Wildman–Crippen MR) is 180 cm³/mol. The molecule has 3 aromatic carbocycles. The minimum absolute atomic E-state index is 0.132. The number of nitrogens with one attached hydrogen (secondary N) is 4. The van der Waals surface area contributed by atoms with Crippen LogP contribution in [-0.2, 0) is 22.6 Å². The number of rotatable bonds is 11. The second-order valence-electron chi connectivity index (χ2n) is 12.0. The molecule has 47 heavy (non-hydrogen) atoms. The molecule has 5 rings (SSSR count). The average Bonchev–Trinajstić information content (AvgIpc) is 3.32. The molecule has 1 heterocycles. The van der Waals surface area contributed by atoms with Crippen LogP contribution in [0, 0.1) is 5.92 Å². The van der Waals surface area contributed by atoms with Crippen molar-refractivity contribution in [3.05, 3.63) is 69.6 Å². The van der Waals surface area contributed by atoms with Gasteiger partial charge in [-0.3, -0.25) is 14.4 Å². The average molecular weight is 644 g/mol. The molecule has 4 aromatic rings. The van der Waals surface area contributed by atoms with E-state index in [9.17, 15) is 19.5 Å². The molecule has 2 amide bonds. The van der Waals surface area contributed by atoms with Crippen molar-refractivity contribution >= 4 is 34.2 Å². The van der Waals surface area contributed by atoms with Crippen LogP contribution in [0.2, 0.25) is 0 Å². The number of H-pyrrole nitrogens is 1. The highest BCUT2D eigenvalue weighted by Gasteiger charge is 2.30. The van der Waals surface area contributed by atoms with E-state index >= 15 is 0 Å².